The van der Waals surface area contributed by atoms with Gasteiger partial charge in [0.25, 0.3) is 0 Å². The Hall–Kier alpha value is -0.910. The number of hydrogen-bond acceptors (Lipinski definition) is 2. The van der Waals surface area contributed by atoms with Crippen LogP contribution >= 0.6 is 27.5 Å². The second-order valence-corrected chi connectivity index (χ2v) is 5.05. The summed E-state index contributed by atoms with van der Waals surface area (Å²) in [6.07, 6.45) is 0.832. The molecule has 0 spiro atoms. The number of likely N-dealkylation sites (N-methyl/N-ethyl adjacent to an activating group) is 1. The minimum Gasteiger partial charge on any atom is -0.319 e. The summed E-state index contributed by atoms with van der Waals surface area (Å²) in [4.78, 5) is 0. The van der Waals surface area contributed by atoms with Crippen LogP contribution in [0.25, 0.3) is 11.3 Å². The fourth-order valence-electron chi connectivity index (χ4n) is 1.61. The van der Waals surface area contributed by atoms with Crippen molar-refractivity contribution < 1.29 is 4.39 Å². The van der Waals surface area contributed by atoms with E-state index in [0.29, 0.717) is 0 Å². The van der Waals surface area contributed by atoms with Crippen LogP contribution in [-0.4, -0.2) is 23.8 Å². The lowest BCUT2D eigenvalue weighted by atomic mass is 10.1. The highest BCUT2D eigenvalue weighted by molar-refractivity contribution is 9.10. The van der Waals surface area contributed by atoms with Gasteiger partial charge in [0.05, 0.1) is 15.2 Å². The van der Waals surface area contributed by atoms with E-state index in [1.807, 2.05) is 7.05 Å². The maximum Gasteiger partial charge on any atom is 0.141 e. The first-order valence-electron chi connectivity index (χ1n) is 5.46. The monoisotopic (exact) mass is 331 g/mol. The summed E-state index contributed by atoms with van der Waals surface area (Å²) in [5, 5.41) is 10.4. The molecule has 2 rings (SSSR count). The van der Waals surface area contributed by atoms with Crippen molar-refractivity contribution in [2.75, 3.05) is 13.6 Å². The number of aromatic amines is 1. The number of H-pyrrole nitrogens is 1. The van der Waals surface area contributed by atoms with E-state index in [0.717, 1.165) is 34.4 Å². The van der Waals surface area contributed by atoms with E-state index in [9.17, 15) is 4.39 Å². The molecule has 0 saturated carbocycles. The molecule has 1 aromatic carbocycles. The summed E-state index contributed by atoms with van der Waals surface area (Å²) in [7, 11) is 1.89. The first kappa shape index (κ1) is 13.5. The lowest BCUT2D eigenvalue weighted by Gasteiger charge is -2.01. The number of nitrogens with zero attached hydrogens (tertiary/aromatic N) is 1. The smallest absolute Gasteiger partial charge is 0.141 e. The molecule has 2 N–H and O–H groups in total. The van der Waals surface area contributed by atoms with Gasteiger partial charge in [0.15, 0.2) is 0 Å². The van der Waals surface area contributed by atoms with Gasteiger partial charge < -0.3 is 5.32 Å². The van der Waals surface area contributed by atoms with Crippen LogP contribution in [0.5, 0.6) is 0 Å². The molecule has 6 heteroatoms. The van der Waals surface area contributed by atoms with Crippen LogP contribution < -0.4 is 5.32 Å². The predicted octanol–water partition coefficient (Wildman–Crippen LogP) is 3.39. The van der Waals surface area contributed by atoms with Crippen molar-refractivity contribution in [3.8, 4) is 11.3 Å². The highest BCUT2D eigenvalue weighted by Crippen LogP contribution is 2.31. The lowest BCUT2D eigenvalue weighted by molar-refractivity contribution is 0.628. The molecule has 3 nitrogen and oxygen atoms in total. The Bertz CT molecular complexity index is 556. The van der Waals surface area contributed by atoms with Gasteiger partial charge in [0.2, 0.25) is 0 Å². The number of nitrogens with one attached hydrogen (secondary N) is 2. The average Bonchev–Trinajstić information content (AvgIpc) is 2.72. The number of aromatic nitrogens is 2. The Labute approximate surface area is 118 Å². The van der Waals surface area contributed by atoms with Crippen LogP contribution in [0, 0.1) is 5.82 Å². The highest BCUT2D eigenvalue weighted by Gasteiger charge is 2.13. The second-order valence-electron chi connectivity index (χ2n) is 3.85. The average molecular weight is 333 g/mol. The molecular weight excluding hydrogens is 321 g/mol. The zero-order valence-electron chi connectivity index (χ0n) is 9.73. The topological polar surface area (TPSA) is 40.7 Å². The van der Waals surface area contributed by atoms with Gasteiger partial charge in [-0.25, -0.2) is 4.39 Å². The highest BCUT2D eigenvalue weighted by atomic mass is 79.9. The van der Waals surface area contributed by atoms with E-state index in [1.54, 1.807) is 12.1 Å². The van der Waals surface area contributed by atoms with Crippen molar-refractivity contribution in [2.45, 2.75) is 6.42 Å². The second kappa shape index (κ2) is 5.82. The molecule has 0 aliphatic carbocycles. The van der Waals surface area contributed by atoms with Crippen molar-refractivity contribution in [1.82, 2.24) is 15.5 Å². The van der Waals surface area contributed by atoms with Crippen LogP contribution in [0.4, 0.5) is 4.39 Å². The van der Waals surface area contributed by atoms with Gasteiger partial charge in [-0.3, -0.25) is 5.10 Å². The molecule has 2 aromatic rings. The Kier molecular flexibility index (Phi) is 4.37. The Morgan fingerprint density at radius 2 is 2.28 bits per heavy atom. The number of hydrogen-bond donors (Lipinski definition) is 2. The standard InChI is InChI=1S/C12H12BrClFN3/c1-16-5-4-10-11(13)12(18-17-10)7-2-3-9(15)8(14)6-7/h2-3,6,16H,4-5H2,1H3,(H,17,18). The molecule has 1 heterocycles. The largest absolute Gasteiger partial charge is 0.319 e. The molecule has 18 heavy (non-hydrogen) atoms. The van der Waals surface area contributed by atoms with Crippen molar-refractivity contribution in [3.63, 3.8) is 0 Å². The van der Waals surface area contributed by atoms with Gasteiger partial charge in [0, 0.05) is 18.5 Å². The molecule has 96 valence electrons. The number of halogens is 3. The number of rotatable bonds is 4. The molecule has 0 fully saturated rings. The molecule has 0 bridgehead atoms. The summed E-state index contributed by atoms with van der Waals surface area (Å²) in [6.45, 7) is 0.852. The van der Waals surface area contributed by atoms with Gasteiger partial charge in [-0.1, -0.05) is 11.6 Å². The summed E-state index contributed by atoms with van der Waals surface area (Å²) >= 11 is 9.27. The number of benzene rings is 1. The molecule has 0 aliphatic rings. The molecule has 0 radical (unpaired) electrons. The van der Waals surface area contributed by atoms with Crippen LogP contribution in [-0.2, 0) is 6.42 Å². The van der Waals surface area contributed by atoms with Crippen LogP contribution in [0.1, 0.15) is 5.69 Å². The third-order valence-electron chi connectivity index (χ3n) is 2.59. The Balaban J connectivity index is 2.33. The van der Waals surface area contributed by atoms with Gasteiger partial charge in [-0.2, -0.15) is 5.10 Å². The Morgan fingerprint density at radius 1 is 1.50 bits per heavy atom. The summed E-state index contributed by atoms with van der Waals surface area (Å²) in [5.74, 6) is -0.428. The summed E-state index contributed by atoms with van der Waals surface area (Å²) in [6, 6.07) is 4.57. The molecule has 0 aliphatic heterocycles. The van der Waals surface area contributed by atoms with Gasteiger partial charge in [-0.05, 0) is 41.2 Å². The van der Waals surface area contributed by atoms with Crippen molar-refractivity contribution >= 4 is 27.5 Å². The van der Waals surface area contributed by atoms with Gasteiger partial charge in [-0.15, -0.1) is 0 Å². The van der Waals surface area contributed by atoms with E-state index in [2.05, 4.69) is 31.4 Å². The minimum atomic E-state index is -0.428. The fourth-order valence-corrected chi connectivity index (χ4v) is 2.40. The van der Waals surface area contributed by atoms with E-state index in [4.69, 9.17) is 11.6 Å². The molecule has 0 atom stereocenters. The van der Waals surface area contributed by atoms with E-state index < -0.39 is 5.82 Å². The zero-order chi connectivity index (χ0) is 13.1. The minimum absolute atomic E-state index is 0.0965. The van der Waals surface area contributed by atoms with Gasteiger partial charge in [0.1, 0.15) is 11.5 Å². The van der Waals surface area contributed by atoms with Crippen LogP contribution in [0.2, 0.25) is 5.02 Å². The first-order chi connectivity index (χ1) is 8.63. The van der Waals surface area contributed by atoms with Crippen molar-refractivity contribution in [2.24, 2.45) is 0 Å². The molecule has 0 saturated heterocycles. The maximum absolute atomic E-state index is 13.1. The van der Waals surface area contributed by atoms with Crippen molar-refractivity contribution in [3.05, 3.63) is 39.2 Å². The normalized spacial score (nSPS) is 10.9. The van der Waals surface area contributed by atoms with Crippen LogP contribution in [0.15, 0.2) is 22.7 Å². The van der Waals surface area contributed by atoms with Crippen molar-refractivity contribution in [1.29, 1.82) is 0 Å². The van der Waals surface area contributed by atoms with Gasteiger partial charge >= 0.3 is 0 Å². The predicted molar refractivity (Wildman–Crippen MR) is 74.3 cm³/mol. The molecule has 0 unspecified atom stereocenters. The first-order valence-corrected chi connectivity index (χ1v) is 6.63. The Morgan fingerprint density at radius 3 is 2.94 bits per heavy atom. The fraction of sp³-hybridized carbons (Fsp3) is 0.250. The van der Waals surface area contributed by atoms with Crippen LogP contribution in [0.3, 0.4) is 0 Å². The summed E-state index contributed by atoms with van der Waals surface area (Å²) < 4.78 is 14.0. The molecule has 0 amide bonds. The maximum atomic E-state index is 13.1. The van der Waals surface area contributed by atoms with E-state index in [-0.39, 0.29) is 5.02 Å². The third kappa shape index (κ3) is 2.74. The summed E-state index contributed by atoms with van der Waals surface area (Å²) in [5.41, 5.74) is 2.52. The lowest BCUT2D eigenvalue weighted by Crippen LogP contribution is -2.10. The zero-order valence-corrected chi connectivity index (χ0v) is 12.1. The van der Waals surface area contributed by atoms with E-state index >= 15 is 0 Å². The third-order valence-corrected chi connectivity index (χ3v) is 3.74. The SMILES string of the molecule is CNCCc1[nH]nc(-c2ccc(F)c(Cl)c2)c1Br. The molecular formula is C12H12BrClFN3. The quantitative estimate of drug-likeness (QED) is 0.901. The van der Waals surface area contributed by atoms with E-state index in [1.165, 1.54) is 6.07 Å². The molecule has 1 aromatic heterocycles.